The number of carbonyl (C=O) groups is 1. The van der Waals surface area contributed by atoms with E-state index in [4.69, 9.17) is 9.63 Å². The van der Waals surface area contributed by atoms with Gasteiger partial charge in [0.15, 0.2) is 11.8 Å². The van der Waals surface area contributed by atoms with Crippen LogP contribution >= 0.6 is 8.17 Å². The second kappa shape index (κ2) is 5.78. The van der Waals surface area contributed by atoms with Crippen LogP contribution in [-0.4, -0.2) is 17.1 Å². The highest BCUT2D eigenvalue weighted by Crippen LogP contribution is 2.31. The average molecular weight is 277 g/mol. The Bertz CT molecular complexity index is 636. The molecule has 5 nitrogen and oxygen atoms in total. The zero-order chi connectivity index (χ0) is 13.8. The predicted octanol–water partition coefficient (Wildman–Crippen LogP) is 2.55. The van der Waals surface area contributed by atoms with Crippen molar-refractivity contribution in [3.8, 4) is 5.75 Å². The number of nitrogens with zero attached hydrogens (tertiary/aromatic N) is 1. The van der Waals surface area contributed by atoms with Gasteiger partial charge >= 0.3 is 14.1 Å². The van der Waals surface area contributed by atoms with Crippen molar-refractivity contribution < 1.29 is 19.3 Å². The zero-order valence-corrected chi connectivity index (χ0v) is 11.1. The summed E-state index contributed by atoms with van der Waals surface area (Å²) in [7, 11) is -2.41. The van der Waals surface area contributed by atoms with E-state index < -0.39 is 20.2 Å². The summed E-state index contributed by atoms with van der Waals surface area (Å²) < 4.78 is 8.79. The molecule has 0 fully saturated rings. The Kier molecular flexibility index (Phi) is 4.10. The van der Waals surface area contributed by atoms with Crippen LogP contribution in [0.3, 0.4) is 0 Å². The Hall–Kier alpha value is -1.97. The van der Waals surface area contributed by atoms with Gasteiger partial charge in [0.25, 0.3) is 0 Å². The molecule has 0 spiro atoms. The van der Waals surface area contributed by atoms with Crippen molar-refractivity contribution in [2.75, 3.05) is 0 Å². The van der Waals surface area contributed by atoms with Gasteiger partial charge in [-0.2, -0.15) is 0 Å². The topological polar surface area (TPSA) is 82.0 Å². The minimum absolute atomic E-state index is 0.431. The van der Waals surface area contributed by atoms with Gasteiger partial charge in [-0.05, 0) is 18.4 Å². The Morgan fingerprint density at radius 1 is 1.32 bits per heavy atom. The molecule has 0 saturated heterocycles. The van der Waals surface area contributed by atoms with Gasteiger partial charge in [-0.3, -0.25) is 4.52 Å². The molecule has 0 aliphatic heterocycles. The summed E-state index contributed by atoms with van der Waals surface area (Å²) in [5.41, 5.74) is 0. The Balaban J connectivity index is 2.29. The van der Waals surface area contributed by atoms with Crippen LogP contribution < -0.4 is 9.42 Å². The summed E-state index contributed by atoms with van der Waals surface area (Å²) in [6.07, 6.45) is 0. The molecule has 0 saturated carbocycles. The predicted molar refractivity (Wildman–Crippen MR) is 71.0 cm³/mol. The highest BCUT2D eigenvalue weighted by molar-refractivity contribution is 7.34. The van der Waals surface area contributed by atoms with Crippen molar-refractivity contribution >= 4 is 24.9 Å². The van der Waals surface area contributed by atoms with Gasteiger partial charge in [-0.25, -0.2) is 4.79 Å². The van der Waals surface area contributed by atoms with Gasteiger partial charge in [-0.15, -0.1) is 0 Å². The molecule has 0 heterocycles. The maximum absolute atomic E-state index is 11.7. The van der Waals surface area contributed by atoms with Gasteiger partial charge in [-0.1, -0.05) is 41.1 Å². The summed E-state index contributed by atoms with van der Waals surface area (Å²) in [5, 5.41) is 10.5. The lowest BCUT2D eigenvalue weighted by atomic mass is 10.1. The molecule has 2 aromatic carbocycles. The number of benzene rings is 2. The molecule has 2 atom stereocenters. The number of hydrogen-bond donors (Lipinski definition) is 1. The van der Waals surface area contributed by atoms with E-state index in [1.807, 2.05) is 30.3 Å². The molecule has 0 amide bonds. The van der Waals surface area contributed by atoms with Crippen molar-refractivity contribution in [3.63, 3.8) is 0 Å². The Labute approximate surface area is 111 Å². The molecule has 1 unspecified atom stereocenters. The highest BCUT2D eigenvalue weighted by atomic mass is 31.1. The van der Waals surface area contributed by atoms with Crippen molar-refractivity contribution in [2.24, 2.45) is 4.74 Å². The van der Waals surface area contributed by atoms with Gasteiger partial charge in [0, 0.05) is 5.39 Å². The quantitative estimate of drug-likeness (QED) is 0.870. The van der Waals surface area contributed by atoms with Crippen LogP contribution in [0.2, 0.25) is 0 Å². The van der Waals surface area contributed by atoms with E-state index in [1.165, 1.54) is 6.92 Å². The van der Waals surface area contributed by atoms with Crippen LogP contribution in [0.5, 0.6) is 5.75 Å². The van der Waals surface area contributed by atoms with Crippen LogP contribution in [0, 0.1) is 0 Å². The van der Waals surface area contributed by atoms with Crippen LogP contribution in [0.25, 0.3) is 10.8 Å². The van der Waals surface area contributed by atoms with Crippen molar-refractivity contribution in [2.45, 2.75) is 13.0 Å². The van der Waals surface area contributed by atoms with Crippen LogP contribution in [0.1, 0.15) is 6.92 Å². The fourth-order valence-electron chi connectivity index (χ4n) is 1.57. The van der Waals surface area contributed by atoms with Crippen molar-refractivity contribution in [1.82, 2.24) is 0 Å². The molecule has 0 aromatic heterocycles. The second-order valence-corrected chi connectivity index (χ2v) is 4.83. The number of fused-ring (bicyclic) bond motifs is 1. The molecule has 0 bridgehead atoms. The maximum Gasteiger partial charge on any atom is 0.395 e. The van der Waals surface area contributed by atoms with Crippen LogP contribution in [0.4, 0.5) is 0 Å². The van der Waals surface area contributed by atoms with Gasteiger partial charge < -0.3 is 10.00 Å². The number of aliphatic carboxylic acids is 1. The lowest BCUT2D eigenvalue weighted by Gasteiger charge is -2.03. The SMILES string of the molecule is C[C@H](N=[P+]([O-])Oc1cccc2ccccc12)C(=O)O. The third-order valence-corrected chi connectivity index (χ3v) is 3.44. The second-order valence-electron chi connectivity index (χ2n) is 3.94. The van der Waals surface area contributed by atoms with Crippen molar-refractivity contribution in [3.05, 3.63) is 42.5 Å². The van der Waals surface area contributed by atoms with Crippen LogP contribution in [-0.2, 0) is 4.79 Å². The molecule has 1 N–H and O–H groups in total. The van der Waals surface area contributed by atoms with E-state index in [0.29, 0.717) is 5.75 Å². The molecule has 19 heavy (non-hydrogen) atoms. The minimum Gasteiger partial charge on any atom is -0.575 e. The number of rotatable bonds is 4. The third kappa shape index (κ3) is 3.28. The molecular formula is C13H12NO4P. The fraction of sp³-hybridized carbons (Fsp3) is 0.154. The van der Waals surface area contributed by atoms with Crippen molar-refractivity contribution in [1.29, 1.82) is 0 Å². The molecular weight excluding hydrogens is 265 g/mol. The van der Waals surface area contributed by atoms with Gasteiger partial charge in [0.2, 0.25) is 0 Å². The van der Waals surface area contributed by atoms with E-state index in [-0.39, 0.29) is 0 Å². The number of hydrogen-bond acceptors (Lipinski definition) is 4. The van der Waals surface area contributed by atoms with E-state index in [1.54, 1.807) is 12.1 Å². The normalized spacial score (nSPS) is 13.3. The highest BCUT2D eigenvalue weighted by Gasteiger charge is 2.16. The van der Waals surface area contributed by atoms with Gasteiger partial charge in [0.05, 0.1) is 0 Å². The van der Waals surface area contributed by atoms with E-state index in [2.05, 4.69) is 4.74 Å². The first kappa shape index (κ1) is 13.5. The molecule has 0 aliphatic rings. The summed E-state index contributed by atoms with van der Waals surface area (Å²) in [6.45, 7) is 1.35. The van der Waals surface area contributed by atoms with E-state index in [9.17, 15) is 9.69 Å². The first-order valence-corrected chi connectivity index (χ1v) is 6.77. The third-order valence-electron chi connectivity index (χ3n) is 2.55. The number of carboxylic acids is 1. The first-order valence-electron chi connectivity index (χ1n) is 5.64. The summed E-state index contributed by atoms with van der Waals surface area (Å²) in [6, 6.07) is 11.8. The van der Waals surface area contributed by atoms with Gasteiger partial charge in [0.1, 0.15) is 0 Å². The van der Waals surface area contributed by atoms with E-state index >= 15 is 0 Å². The Morgan fingerprint density at radius 2 is 2.00 bits per heavy atom. The lowest BCUT2D eigenvalue weighted by Crippen LogP contribution is -2.13. The van der Waals surface area contributed by atoms with E-state index in [0.717, 1.165) is 10.8 Å². The fourth-order valence-corrected chi connectivity index (χ4v) is 2.33. The number of carboxylic acid groups (broad SMARTS) is 1. The molecule has 6 heteroatoms. The summed E-state index contributed by atoms with van der Waals surface area (Å²) >= 11 is 0. The summed E-state index contributed by atoms with van der Waals surface area (Å²) in [4.78, 5) is 22.3. The average Bonchev–Trinajstić information content (AvgIpc) is 2.39. The smallest absolute Gasteiger partial charge is 0.395 e. The Morgan fingerprint density at radius 3 is 2.74 bits per heavy atom. The zero-order valence-electron chi connectivity index (χ0n) is 10.2. The minimum atomic E-state index is -2.41. The largest absolute Gasteiger partial charge is 0.575 e. The first-order chi connectivity index (χ1) is 9.08. The lowest BCUT2D eigenvalue weighted by molar-refractivity contribution is -0.169. The monoisotopic (exact) mass is 277 g/mol. The molecule has 0 radical (unpaired) electrons. The standard InChI is InChI=1S/C13H12NO4P/c1-9(13(15)16)14-19(17)18-12-8-4-6-10-5-2-3-7-11(10)12/h2-9H,1H3,(H,15,16)/t9-/m0/s1. The molecule has 0 aliphatic carbocycles. The molecule has 2 rings (SSSR count). The molecule has 98 valence electrons. The maximum atomic E-state index is 11.7. The summed E-state index contributed by atoms with van der Waals surface area (Å²) in [5.74, 6) is -0.703. The molecule has 2 aromatic rings. The van der Waals surface area contributed by atoms with Crippen LogP contribution in [0.15, 0.2) is 47.2 Å².